The molecule has 1 aromatic heterocycles. The minimum Gasteiger partial charge on any atom is -0.481 e. The van der Waals surface area contributed by atoms with Crippen LogP contribution in [-0.4, -0.2) is 30.6 Å². The number of carboxylic acids is 1. The number of thiophene rings is 1. The number of nitrogens with one attached hydrogen (secondary N) is 2. The van der Waals surface area contributed by atoms with Crippen LogP contribution in [0.5, 0.6) is 0 Å². The van der Waals surface area contributed by atoms with Gasteiger partial charge in [-0.2, -0.15) is 0 Å². The molecule has 18 heavy (non-hydrogen) atoms. The zero-order valence-corrected chi connectivity index (χ0v) is 11.1. The second-order valence-corrected chi connectivity index (χ2v) is 4.92. The van der Waals surface area contributed by atoms with Gasteiger partial charge in [-0.05, 0) is 31.5 Å². The molecule has 1 amide bonds. The van der Waals surface area contributed by atoms with Gasteiger partial charge in [-0.1, -0.05) is 6.07 Å². The first-order valence-electron chi connectivity index (χ1n) is 5.82. The Labute approximate surface area is 110 Å². The minimum atomic E-state index is -0.913. The first kappa shape index (κ1) is 14.7. The van der Waals surface area contributed by atoms with E-state index in [2.05, 4.69) is 10.6 Å². The summed E-state index contributed by atoms with van der Waals surface area (Å²) in [6, 6.07) is 3.26. The Morgan fingerprint density at radius 1 is 1.50 bits per heavy atom. The summed E-state index contributed by atoms with van der Waals surface area (Å²) in [6.45, 7) is 0.774. The maximum Gasteiger partial charge on any atom is 0.305 e. The largest absolute Gasteiger partial charge is 0.481 e. The third-order valence-corrected chi connectivity index (χ3v) is 3.42. The molecule has 0 saturated heterocycles. The normalized spacial score (nSPS) is 12.1. The SMILES string of the molecule is CNCCCC(=O)NC(CC(=O)O)c1cccs1. The smallest absolute Gasteiger partial charge is 0.305 e. The Morgan fingerprint density at radius 3 is 2.83 bits per heavy atom. The first-order chi connectivity index (χ1) is 8.63. The highest BCUT2D eigenvalue weighted by Gasteiger charge is 2.18. The number of rotatable bonds is 8. The summed E-state index contributed by atoms with van der Waals surface area (Å²) >= 11 is 1.45. The van der Waals surface area contributed by atoms with Gasteiger partial charge < -0.3 is 15.7 Å². The molecule has 0 radical (unpaired) electrons. The number of carbonyl (C=O) groups is 2. The number of carboxylic acid groups (broad SMARTS) is 1. The van der Waals surface area contributed by atoms with Crippen molar-refractivity contribution in [2.75, 3.05) is 13.6 Å². The van der Waals surface area contributed by atoms with Crippen LogP contribution in [0, 0.1) is 0 Å². The van der Waals surface area contributed by atoms with E-state index in [0.29, 0.717) is 6.42 Å². The molecule has 1 unspecified atom stereocenters. The molecular formula is C12H18N2O3S. The van der Waals surface area contributed by atoms with Crippen molar-refractivity contribution in [1.82, 2.24) is 10.6 Å². The third kappa shape index (κ3) is 5.29. The van der Waals surface area contributed by atoms with Gasteiger partial charge in [0, 0.05) is 11.3 Å². The van der Waals surface area contributed by atoms with Crippen molar-refractivity contribution in [2.24, 2.45) is 0 Å². The van der Waals surface area contributed by atoms with Gasteiger partial charge >= 0.3 is 5.97 Å². The summed E-state index contributed by atoms with van der Waals surface area (Å²) in [6.07, 6.45) is 1.06. The number of hydrogen-bond acceptors (Lipinski definition) is 4. The topological polar surface area (TPSA) is 78.4 Å². The summed E-state index contributed by atoms with van der Waals surface area (Å²) in [4.78, 5) is 23.3. The Bertz CT molecular complexity index is 379. The van der Waals surface area contributed by atoms with Gasteiger partial charge in [-0.25, -0.2) is 0 Å². The lowest BCUT2D eigenvalue weighted by atomic mass is 10.1. The van der Waals surface area contributed by atoms with Crippen molar-refractivity contribution in [3.63, 3.8) is 0 Å². The predicted molar refractivity (Wildman–Crippen MR) is 70.6 cm³/mol. The van der Waals surface area contributed by atoms with Crippen molar-refractivity contribution in [3.8, 4) is 0 Å². The second-order valence-electron chi connectivity index (χ2n) is 3.94. The lowest BCUT2D eigenvalue weighted by Crippen LogP contribution is -2.30. The van der Waals surface area contributed by atoms with E-state index in [1.165, 1.54) is 11.3 Å². The summed E-state index contributed by atoms with van der Waals surface area (Å²) in [5.74, 6) is -1.02. The molecule has 3 N–H and O–H groups in total. The van der Waals surface area contributed by atoms with Gasteiger partial charge in [0.2, 0.25) is 5.91 Å². The van der Waals surface area contributed by atoms with E-state index in [1.54, 1.807) is 0 Å². The van der Waals surface area contributed by atoms with Crippen molar-refractivity contribution in [1.29, 1.82) is 0 Å². The van der Waals surface area contributed by atoms with E-state index in [9.17, 15) is 9.59 Å². The number of carbonyl (C=O) groups excluding carboxylic acids is 1. The fourth-order valence-corrected chi connectivity index (χ4v) is 2.36. The van der Waals surface area contributed by atoms with Crippen LogP contribution in [0.15, 0.2) is 17.5 Å². The molecule has 6 heteroatoms. The van der Waals surface area contributed by atoms with Crippen LogP contribution >= 0.6 is 11.3 Å². The van der Waals surface area contributed by atoms with E-state index in [1.807, 2.05) is 24.6 Å². The molecule has 1 atom stereocenters. The summed E-state index contributed by atoms with van der Waals surface area (Å²) in [5.41, 5.74) is 0. The van der Waals surface area contributed by atoms with Gasteiger partial charge in [-0.3, -0.25) is 9.59 Å². The fraction of sp³-hybridized carbons (Fsp3) is 0.500. The number of amides is 1. The monoisotopic (exact) mass is 270 g/mol. The zero-order chi connectivity index (χ0) is 13.4. The molecule has 0 aromatic carbocycles. The molecule has 0 spiro atoms. The van der Waals surface area contributed by atoms with E-state index in [4.69, 9.17) is 5.11 Å². The molecule has 1 rings (SSSR count). The van der Waals surface area contributed by atoms with E-state index in [0.717, 1.165) is 17.8 Å². The molecule has 5 nitrogen and oxygen atoms in total. The molecular weight excluding hydrogens is 252 g/mol. The molecule has 0 aliphatic carbocycles. The minimum absolute atomic E-state index is 0.0850. The first-order valence-corrected chi connectivity index (χ1v) is 6.70. The fourth-order valence-electron chi connectivity index (χ4n) is 1.58. The highest BCUT2D eigenvalue weighted by atomic mass is 32.1. The highest BCUT2D eigenvalue weighted by molar-refractivity contribution is 7.10. The van der Waals surface area contributed by atoms with Crippen LogP contribution in [0.3, 0.4) is 0 Å². The molecule has 100 valence electrons. The van der Waals surface area contributed by atoms with E-state index < -0.39 is 12.0 Å². The average Bonchev–Trinajstić information content (AvgIpc) is 2.81. The second kappa shape index (κ2) is 7.84. The van der Waals surface area contributed by atoms with Gasteiger partial charge in [0.1, 0.15) is 0 Å². The summed E-state index contributed by atoms with van der Waals surface area (Å²) < 4.78 is 0. The van der Waals surface area contributed by atoms with Gasteiger partial charge in [0.15, 0.2) is 0 Å². The Morgan fingerprint density at radius 2 is 2.28 bits per heavy atom. The third-order valence-electron chi connectivity index (χ3n) is 2.43. The molecule has 0 fully saturated rings. The maximum atomic E-state index is 11.7. The van der Waals surface area contributed by atoms with E-state index in [-0.39, 0.29) is 12.3 Å². The van der Waals surface area contributed by atoms with Crippen LogP contribution in [0.4, 0.5) is 0 Å². The van der Waals surface area contributed by atoms with Crippen molar-refractivity contribution in [3.05, 3.63) is 22.4 Å². The zero-order valence-electron chi connectivity index (χ0n) is 10.3. The van der Waals surface area contributed by atoms with Crippen LogP contribution in [0.2, 0.25) is 0 Å². The van der Waals surface area contributed by atoms with Crippen molar-refractivity contribution < 1.29 is 14.7 Å². The van der Waals surface area contributed by atoms with Crippen LogP contribution in [0.25, 0.3) is 0 Å². The predicted octanol–water partition coefficient (Wildman–Crippen LogP) is 1.38. The summed E-state index contributed by atoms with van der Waals surface area (Å²) in [7, 11) is 1.83. The Hall–Kier alpha value is -1.40. The van der Waals surface area contributed by atoms with Gasteiger partial charge in [0.25, 0.3) is 0 Å². The number of hydrogen-bond donors (Lipinski definition) is 3. The van der Waals surface area contributed by atoms with Gasteiger partial charge in [0.05, 0.1) is 12.5 Å². The molecule has 0 saturated carbocycles. The van der Waals surface area contributed by atoms with Crippen LogP contribution in [0.1, 0.15) is 30.2 Å². The van der Waals surface area contributed by atoms with Gasteiger partial charge in [-0.15, -0.1) is 11.3 Å². The van der Waals surface area contributed by atoms with Crippen molar-refractivity contribution >= 4 is 23.2 Å². The Kier molecular flexibility index (Phi) is 6.38. The average molecular weight is 270 g/mol. The highest BCUT2D eigenvalue weighted by Crippen LogP contribution is 2.22. The molecule has 0 bridgehead atoms. The number of aliphatic carboxylic acids is 1. The quantitative estimate of drug-likeness (QED) is 0.624. The molecule has 0 aliphatic heterocycles. The molecule has 0 aliphatic rings. The molecule has 1 heterocycles. The molecule has 1 aromatic rings. The maximum absolute atomic E-state index is 11.7. The Balaban J connectivity index is 2.51. The van der Waals surface area contributed by atoms with E-state index >= 15 is 0 Å². The van der Waals surface area contributed by atoms with Crippen LogP contribution < -0.4 is 10.6 Å². The lowest BCUT2D eigenvalue weighted by Gasteiger charge is -2.15. The lowest BCUT2D eigenvalue weighted by molar-refractivity contribution is -0.137. The van der Waals surface area contributed by atoms with Crippen LogP contribution in [-0.2, 0) is 9.59 Å². The summed E-state index contributed by atoms with van der Waals surface area (Å²) in [5, 5.41) is 16.5. The standard InChI is InChI=1S/C12H18N2O3S/c1-13-6-2-5-11(15)14-9(8-12(16)17)10-4-3-7-18-10/h3-4,7,9,13H,2,5-6,8H2,1H3,(H,14,15)(H,16,17). The van der Waals surface area contributed by atoms with Crippen molar-refractivity contribution in [2.45, 2.75) is 25.3 Å².